The average Bonchev–Trinajstić information content (AvgIpc) is 2.43. The van der Waals surface area contributed by atoms with Crippen molar-refractivity contribution >= 4 is 37.4 Å². The lowest BCUT2D eigenvalue weighted by molar-refractivity contribution is 0.283. The van der Waals surface area contributed by atoms with Crippen molar-refractivity contribution in [1.29, 1.82) is 0 Å². The first kappa shape index (κ1) is 9.12. The number of aliphatic hydroxyl groups is 1. The molecule has 2 aromatic rings. The molecule has 0 amide bonds. The molecule has 0 unspecified atom stereocenters. The minimum atomic E-state index is -0.300. The predicted octanol–water partition coefficient (Wildman–Crippen LogP) is 3.30. The largest absolute Gasteiger partial charge is 0.392 e. The Bertz CT molecular complexity index is 452. The lowest BCUT2D eigenvalue weighted by Gasteiger charge is -1.98. The Morgan fingerprint density at radius 1 is 1.38 bits per heavy atom. The Hall–Kier alpha value is -0.450. The molecule has 0 saturated heterocycles. The molecule has 68 valence electrons. The number of thiophene rings is 1. The van der Waals surface area contributed by atoms with Crippen molar-refractivity contribution in [1.82, 2.24) is 0 Å². The van der Waals surface area contributed by atoms with Crippen LogP contribution in [0.15, 0.2) is 22.0 Å². The zero-order chi connectivity index (χ0) is 9.42. The summed E-state index contributed by atoms with van der Waals surface area (Å²) in [6.45, 7) is -0.128. The van der Waals surface area contributed by atoms with E-state index in [1.54, 1.807) is 0 Å². The highest BCUT2D eigenvalue weighted by atomic mass is 79.9. The molecule has 1 aromatic heterocycles. The Kier molecular flexibility index (Phi) is 2.36. The summed E-state index contributed by atoms with van der Waals surface area (Å²) in [5.74, 6) is -0.300. The zero-order valence-corrected chi connectivity index (χ0v) is 8.95. The van der Waals surface area contributed by atoms with Crippen molar-refractivity contribution < 1.29 is 9.50 Å². The second-order valence-electron chi connectivity index (χ2n) is 2.69. The maximum absolute atomic E-state index is 13.0. The van der Waals surface area contributed by atoms with Crippen molar-refractivity contribution in [3.8, 4) is 0 Å². The van der Waals surface area contributed by atoms with Gasteiger partial charge in [-0.15, -0.1) is 11.3 Å². The van der Waals surface area contributed by atoms with Crippen molar-refractivity contribution in [2.75, 3.05) is 0 Å². The Morgan fingerprint density at radius 3 is 2.85 bits per heavy atom. The molecule has 1 aromatic carbocycles. The monoisotopic (exact) mass is 260 g/mol. The lowest BCUT2D eigenvalue weighted by atomic mass is 10.1. The van der Waals surface area contributed by atoms with Crippen LogP contribution in [0.25, 0.3) is 10.1 Å². The maximum Gasteiger partial charge on any atom is 0.125 e. The number of aliphatic hydroxyl groups excluding tert-OH is 1. The molecule has 1 nitrogen and oxygen atoms in total. The van der Waals surface area contributed by atoms with Gasteiger partial charge in [-0.1, -0.05) is 0 Å². The van der Waals surface area contributed by atoms with Gasteiger partial charge in [0.25, 0.3) is 0 Å². The smallest absolute Gasteiger partial charge is 0.125 e. The van der Waals surface area contributed by atoms with Crippen LogP contribution in [0.1, 0.15) is 5.56 Å². The highest BCUT2D eigenvalue weighted by molar-refractivity contribution is 9.11. The first-order chi connectivity index (χ1) is 6.20. The first-order valence-corrected chi connectivity index (χ1v) is 5.30. The van der Waals surface area contributed by atoms with E-state index >= 15 is 0 Å². The summed E-state index contributed by atoms with van der Waals surface area (Å²) in [7, 11) is 0. The summed E-state index contributed by atoms with van der Waals surface area (Å²) in [6.07, 6.45) is 0. The summed E-state index contributed by atoms with van der Waals surface area (Å²) in [5, 5.41) is 9.91. The number of benzene rings is 1. The third-order valence-electron chi connectivity index (χ3n) is 1.83. The third-order valence-corrected chi connectivity index (χ3v) is 3.41. The van der Waals surface area contributed by atoms with Crippen LogP contribution in [0.2, 0.25) is 0 Å². The molecular formula is C9H6BrFOS. The number of hydrogen-bond donors (Lipinski definition) is 1. The molecule has 0 radical (unpaired) electrons. The van der Waals surface area contributed by atoms with E-state index in [0.29, 0.717) is 5.56 Å². The van der Waals surface area contributed by atoms with Crippen molar-refractivity contribution in [2.24, 2.45) is 0 Å². The van der Waals surface area contributed by atoms with Crippen LogP contribution in [-0.2, 0) is 6.61 Å². The Labute approximate surface area is 86.9 Å². The fourth-order valence-corrected chi connectivity index (χ4v) is 2.88. The summed E-state index contributed by atoms with van der Waals surface area (Å²) < 4.78 is 14.8. The SMILES string of the molecule is OCc1cc(F)cc2sc(Br)cc12. The van der Waals surface area contributed by atoms with Crippen LogP contribution in [0.5, 0.6) is 0 Å². The van der Waals surface area contributed by atoms with Gasteiger partial charge >= 0.3 is 0 Å². The van der Waals surface area contributed by atoms with Gasteiger partial charge in [0.1, 0.15) is 5.82 Å². The van der Waals surface area contributed by atoms with Gasteiger partial charge in [-0.25, -0.2) is 4.39 Å². The van der Waals surface area contributed by atoms with Crippen LogP contribution in [-0.4, -0.2) is 5.11 Å². The van der Waals surface area contributed by atoms with Crippen LogP contribution in [0.3, 0.4) is 0 Å². The summed E-state index contributed by atoms with van der Waals surface area (Å²) in [5.41, 5.74) is 0.636. The molecule has 0 atom stereocenters. The van der Waals surface area contributed by atoms with Crippen molar-refractivity contribution in [3.05, 3.63) is 33.4 Å². The molecule has 0 aliphatic heterocycles. The number of hydrogen-bond acceptors (Lipinski definition) is 2. The molecule has 0 fully saturated rings. The van der Waals surface area contributed by atoms with Crippen molar-refractivity contribution in [3.63, 3.8) is 0 Å². The first-order valence-electron chi connectivity index (χ1n) is 3.69. The van der Waals surface area contributed by atoms with Gasteiger partial charge in [-0.05, 0) is 45.1 Å². The standard InChI is InChI=1S/C9H6BrFOS/c10-9-3-7-5(4-12)1-6(11)2-8(7)13-9/h1-3,12H,4H2. The summed E-state index contributed by atoms with van der Waals surface area (Å²) in [6, 6.07) is 4.73. The van der Waals surface area contributed by atoms with Crippen LogP contribution >= 0.6 is 27.3 Å². The van der Waals surface area contributed by atoms with Crippen LogP contribution in [0.4, 0.5) is 4.39 Å². The topological polar surface area (TPSA) is 20.2 Å². The second kappa shape index (κ2) is 3.36. The van der Waals surface area contributed by atoms with Gasteiger partial charge in [0.05, 0.1) is 10.4 Å². The fraction of sp³-hybridized carbons (Fsp3) is 0.111. The molecule has 0 aliphatic rings. The van der Waals surface area contributed by atoms with E-state index in [1.807, 2.05) is 6.07 Å². The van der Waals surface area contributed by atoms with Gasteiger partial charge in [-0.3, -0.25) is 0 Å². The van der Waals surface area contributed by atoms with E-state index in [0.717, 1.165) is 13.9 Å². The number of fused-ring (bicyclic) bond motifs is 1. The second-order valence-corrected chi connectivity index (χ2v) is 5.15. The van der Waals surface area contributed by atoms with Gasteiger partial charge < -0.3 is 5.11 Å². The molecule has 0 aliphatic carbocycles. The minimum Gasteiger partial charge on any atom is -0.392 e. The third kappa shape index (κ3) is 1.61. The molecule has 1 N–H and O–H groups in total. The minimum absolute atomic E-state index is 0.128. The molecule has 0 bridgehead atoms. The highest BCUT2D eigenvalue weighted by Gasteiger charge is 2.06. The van der Waals surface area contributed by atoms with E-state index in [2.05, 4.69) is 15.9 Å². The molecule has 4 heteroatoms. The van der Waals surface area contributed by atoms with Crippen LogP contribution < -0.4 is 0 Å². The van der Waals surface area contributed by atoms with E-state index in [1.165, 1.54) is 23.5 Å². The predicted molar refractivity (Wildman–Crippen MR) is 55.4 cm³/mol. The highest BCUT2D eigenvalue weighted by Crippen LogP contribution is 2.32. The van der Waals surface area contributed by atoms with Gasteiger partial charge in [0.15, 0.2) is 0 Å². The van der Waals surface area contributed by atoms with Gasteiger partial charge in [0.2, 0.25) is 0 Å². The zero-order valence-electron chi connectivity index (χ0n) is 6.55. The average molecular weight is 261 g/mol. The fourth-order valence-electron chi connectivity index (χ4n) is 1.27. The molecule has 0 spiro atoms. The van der Waals surface area contributed by atoms with Crippen molar-refractivity contribution in [2.45, 2.75) is 6.61 Å². The molecule has 1 heterocycles. The summed E-state index contributed by atoms with van der Waals surface area (Å²) in [4.78, 5) is 0. The lowest BCUT2D eigenvalue weighted by Crippen LogP contribution is -1.85. The molecule has 0 saturated carbocycles. The normalized spacial score (nSPS) is 11.0. The molecule has 2 rings (SSSR count). The molecule has 13 heavy (non-hydrogen) atoms. The quantitative estimate of drug-likeness (QED) is 0.835. The summed E-state index contributed by atoms with van der Waals surface area (Å²) >= 11 is 4.79. The number of halogens is 2. The molecular weight excluding hydrogens is 255 g/mol. The Balaban J connectivity index is 2.80. The van der Waals surface area contributed by atoms with E-state index in [9.17, 15) is 4.39 Å². The number of rotatable bonds is 1. The van der Waals surface area contributed by atoms with E-state index < -0.39 is 0 Å². The van der Waals surface area contributed by atoms with Gasteiger partial charge in [0, 0.05) is 4.70 Å². The van der Waals surface area contributed by atoms with E-state index in [4.69, 9.17) is 5.11 Å². The van der Waals surface area contributed by atoms with Gasteiger partial charge in [-0.2, -0.15) is 0 Å². The maximum atomic E-state index is 13.0. The Morgan fingerprint density at radius 2 is 2.15 bits per heavy atom. The van der Waals surface area contributed by atoms with Crippen LogP contribution in [0, 0.1) is 5.82 Å². The van der Waals surface area contributed by atoms with E-state index in [-0.39, 0.29) is 12.4 Å².